The summed E-state index contributed by atoms with van der Waals surface area (Å²) in [5.74, 6) is -0.258. The standard InChI is InChI=1S/C11H17NO/c1-4-9(2)10(3)7-5-6-8-11(12)13/h4-5,7H,1,6,8H2,2-3H3,(H2,12,13)/b7-5+,10-9-. The Labute approximate surface area is 79.8 Å². The third-order valence-electron chi connectivity index (χ3n) is 1.85. The average molecular weight is 179 g/mol. The van der Waals surface area contributed by atoms with Crippen molar-refractivity contribution in [3.63, 3.8) is 0 Å². The van der Waals surface area contributed by atoms with E-state index >= 15 is 0 Å². The highest BCUT2D eigenvalue weighted by Crippen LogP contribution is 2.06. The summed E-state index contributed by atoms with van der Waals surface area (Å²) in [5.41, 5.74) is 7.31. The monoisotopic (exact) mass is 179 g/mol. The Morgan fingerprint density at radius 1 is 1.38 bits per heavy atom. The Balaban J connectivity index is 3.98. The van der Waals surface area contributed by atoms with E-state index in [1.807, 2.05) is 32.1 Å². The second-order valence-electron chi connectivity index (χ2n) is 2.98. The topological polar surface area (TPSA) is 43.1 Å². The van der Waals surface area contributed by atoms with Crippen molar-refractivity contribution in [2.75, 3.05) is 0 Å². The van der Waals surface area contributed by atoms with Gasteiger partial charge in [-0.2, -0.15) is 0 Å². The van der Waals surface area contributed by atoms with Gasteiger partial charge in [0.1, 0.15) is 0 Å². The number of carbonyl (C=O) groups excluding carboxylic acids is 1. The first-order valence-corrected chi connectivity index (χ1v) is 4.32. The highest BCUT2D eigenvalue weighted by atomic mass is 16.1. The van der Waals surface area contributed by atoms with Crippen LogP contribution in [0.1, 0.15) is 26.7 Å². The van der Waals surface area contributed by atoms with E-state index < -0.39 is 0 Å². The molecule has 13 heavy (non-hydrogen) atoms. The van der Waals surface area contributed by atoms with Crippen LogP contribution in [-0.2, 0) is 4.79 Å². The zero-order valence-electron chi connectivity index (χ0n) is 8.34. The van der Waals surface area contributed by atoms with E-state index in [4.69, 9.17) is 5.73 Å². The molecular weight excluding hydrogens is 162 g/mol. The largest absolute Gasteiger partial charge is 0.370 e. The number of rotatable bonds is 5. The molecule has 0 fully saturated rings. The van der Waals surface area contributed by atoms with Gasteiger partial charge in [-0.15, -0.1) is 0 Å². The quantitative estimate of drug-likeness (QED) is 0.647. The maximum atomic E-state index is 10.4. The molecule has 0 aliphatic rings. The third-order valence-corrected chi connectivity index (χ3v) is 1.85. The van der Waals surface area contributed by atoms with Crippen LogP contribution >= 0.6 is 0 Å². The lowest BCUT2D eigenvalue weighted by atomic mass is 10.1. The molecule has 2 nitrogen and oxygen atoms in total. The van der Waals surface area contributed by atoms with Gasteiger partial charge in [-0.1, -0.05) is 24.8 Å². The van der Waals surface area contributed by atoms with Crippen LogP contribution in [0, 0.1) is 0 Å². The molecule has 1 amide bonds. The molecule has 2 N–H and O–H groups in total. The fourth-order valence-corrected chi connectivity index (χ4v) is 0.778. The third kappa shape index (κ3) is 5.91. The van der Waals surface area contributed by atoms with Crippen molar-refractivity contribution in [2.45, 2.75) is 26.7 Å². The Morgan fingerprint density at radius 2 is 2.00 bits per heavy atom. The van der Waals surface area contributed by atoms with Crippen molar-refractivity contribution < 1.29 is 4.79 Å². The fraction of sp³-hybridized carbons (Fsp3) is 0.364. The fourth-order valence-electron chi connectivity index (χ4n) is 0.778. The first kappa shape index (κ1) is 11.7. The predicted octanol–water partition coefficient (Wildman–Crippen LogP) is 2.33. The van der Waals surface area contributed by atoms with Crippen LogP contribution in [0.4, 0.5) is 0 Å². The lowest BCUT2D eigenvalue weighted by Crippen LogP contribution is -2.08. The summed E-state index contributed by atoms with van der Waals surface area (Å²) in [6, 6.07) is 0. The zero-order valence-corrected chi connectivity index (χ0v) is 8.34. The molecule has 0 spiro atoms. The first-order valence-electron chi connectivity index (χ1n) is 4.32. The number of nitrogens with two attached hydrogens (primary N) is 1. The van der Waals surface area contributed by atoms with Crippen molar-refractivity contribution in [1.29, 1.82) is 0 Å². The van der Waals surface area contributed by atoms with E-state index in [-0.39, 0.29) is 5.91 Å². The van der Waals surface area contributed by atoms with Crippen molar-refractivity contribution in [3.8, 4) is 0 Å². The Kier molecular flexibility index (Phi) is 5.60. The van der Waals surface area contributed by atoms with Gasteiger partial charge in [-0.3, -0.25) is 4.79 Å². The second-order valence-corrected chi connectivity index (χ2v) is 2.98. The van der Waals surface area contributed by atoms with Gasteiger partial charge in [-0.05, 0) is 31.4 Å². The van der Waals surface area contributed by atoms with Crippen LogP contribution in [0.2, 0.25) is 0 Å². The first-order chi connectivity index (χ1) is 6.07. The summed E-state index contributed by atoms with van der Waals surface area (Å²) in [5, 5.41) is 0. The minimum atomic E-state index is -0.258. The molecule has 0 aliphatic heterocycles. The minimum Gasteiger partial charge on any atom is -0.370 e. The highest BCUT2D eigenvalue weighted by Gasteiger charge is 1.90. The molecule has 2 heteroatoms. The predicted molar refractivity (Wildman–Crippen MR) is 56.1 cm³/mol. The summed E-state index contributed by atoms with van der Waals surface area (Å²) in [6.07, 6.45) is 6.87. The minimum absolute atomic E-state index is 0.258. The van der Waals surface area contributed by atoms with Crippen molar-refractivity contribution in [3.05, 3.63) is 36.0 Å². The van der Waals surface area contributed by atoms with Gasteiger partial charge >= 0.3 is 0 Å². The summed E-state index contributed by atoms with van der Waals surface area (Å²) < 4.78 is 0. The molecule has 0 bridgehead atoms. The zero-order chi connectivity index (χ0) is 10.3. The van der Waals surface area contributed by atoms with Gasteiger partial charge in [-0.25, -0.2) is 0 Å². The molecule has 0 heterocycles. The number of hydrogen-bond donors (Lipinski definition) is 1. The number of primary amides is 1. The van der Waals surface area contributed by atoms with Gasteiger partial charge < -0.3 is 5.73 Å². The molecule has 0 saturated heterocycles. The van der Waals surface area contributed by atoms with Crippen LogP contribution in [-0.4, -0.2) is 5.91 Å². The normalized spacial score (nSPS) is 12.8. The molecule has 0 aromatic carbocycles. The molecule has 72 valence electrons. The highest BCUT2D eigenvalue weighted by molar-refractivity contribution is 5.73. The van der Waals surface area contributed by atoms with Crippen LogP contribution in [0.25, 0.3) is 0 Å². The van der Waals surface area contributed by atoms with Crippen molar-refractivity contribution in [2.24, 2.45) is 5.73 Å². The molecule has 0 aliphatic carbocycles. The Hall–Kier alpha value is -1.31. The number of carbonyl (C=O) groups is 1. The second kappa shape index (κ2) is 6.23. The van der Waals surface area contributed by atoms with Gasteiger partial charge in [0.25, 0.3) is 0 Å². The Bertz CT molecular complexity index is 249. The summed E-state index contributed by atoms with van der Waals surface area (Å²) in [7, 11) is 0. The summed E-state index contributed by atoms with van der Waals surface area (Å²) in [4.78, 5) is 10.4. The van der Waals surface area contributed by atoms with Crippen LogP contribution in [0.3, 0.4) is 0 Å². The van der Waals surface area contributed by atoms with E-state index in [9.17, 15) is 4.79 Å². The maximum Gasteiger partial charge on any atom is 0.217 e. The SMILES string of the molecule is C=C/C(C)=C(C)\C=C\CCC(N)=O. The average Bonchev–Trinajstić information content (AvgIpc) is 2.10. The molecule has 0 saturated carbocycles. The number of hydrogen-bond acceptors (Lipinski definition) is 1. The van der Waals surface area contributed by atoms with Gasteiger partial charge in [0.15, 0.2) is 0 Å². The number of amides is 1. The lowest BCUT2D eigenvalue weighted by Gasteiger charge is -1.95. The molecule has 0 aromatic rings. The van der Waals surface area contributed by atoms with Crippen molar-refractivity contribution >= 4 is 5.91 Å². The number of allylic oxidation sites excluding steroid dienone is 5. The summed E-state index contributed by atoms with van der Waals surface area (Å²) >= 11 is 0. The molecule has 0 radical (unpaired) electrons. The van der Waals surface area contributed by atoms with Crippen LogP contribution in [0.5, 0.6) is 0 Å². The molecule has 0 atom stereocenters. The van der Waals surface area contributed by atoms with Crippen molar-refractivity contribution in [1.82, 2.24) is 0 Å². The van der Waals surface area contributed by atoms with Crippen LogP contribution in [0.15, 0.2) is 36.0 Å². The van der Waals surface area contributed by atoms with E-state index in [1.54, 1.807) is 0 Å². The smallest absolute Gasteiger partial charge is 0.217 e. The molecule has 0 aromatic heterocycles. The van der Waals surface area contributed by atoms with E-state index in [2.05, 4.69) is 6.58 Å². The van der Waals surface area contributed by atoms with Gasteiger partial charge in [0.05, 0.1) is 0 Å². The van der Waals surface area contributed by atoms with Gasteiger partial charge in [0, 0.05) is 6.42 Å². The molecule has 0 rings (SSSR count). The lowest BCUT2D eigenvalue weighted by molar-refractivity contribution is -0.117. The Morgan fingerprint density at radius 3 is 2.46 bits per heavy atom. The van der Waals surface area contributed by atoms with Crippen LogP contribution < -0.4 is 5.73 Å². The molecular formula is C11H17NO. The summed E-state index contributed by atoms with van der Waals surface area (Å²) in [6.45, 7) is 7.68. The molecule has 0 unspecified atom stereocenters. The maximum absolute atomic E-state index is 10.4. The van der Waals surface area contributed by atoms with Gasteiger partial charge in [0.2, 0.25) is 5.91 Å². The van der Waals surface area contributed by atoms with E-state index in [1.165, 1.54) is 5.57 Å². The van der Waals surface area contributed by atoms with E-state index in [0.717, 1.165) is 5.57 Å². The van der Waals surface area contributed by atoms with E-state index in [0.29, 0.717) is 12.8 Å².